The van der Waals surface area contributed by atoms with E-state index >= 15 is 0 Å². The van der Waals surface area contributed by atoms with Gasteiger partial charge >= 0.3 is 0 Å². The maximum atomic E-state index is 14.3. The molecule has 28 heavy (non-hydrogen) atoms. The van der Waals surface area contributed by atoms with Gasteiger partial charge in [0.25, 0.3) is 0 Å². The normalized spacial score (nSPS) is 17.2. The minimum absolute atomic E-state index is 0.00667. The predicted molar refractivity (Wildman–Crippen MR) is 103 cm³/mol. The summed E-state index contributed by atoms with van der Waals surface area (Å²) in [6.07, 6.45) is 0.00667. The standard InChI is InChI=1S/C19H23FN4O3S/c1-12-23-14(11-28-12)9-22-18(25)8-17-19(26)21-5-6-24(17)10-13-3-4-15(27-2)7-16(13)20/h3-4,7,11,17H,5-6,8-10H2,1-2H3,(H,21,26)(H,22,25)/t17-/m0/s1. The van der Waals surface area contributed by atoms with Crippen LogP contribution in [0.25, 0.3) is 0 Å². The largest absolute Gasteiger partial charge is 0.497 e. The summed E-state index contributed by atoms with van der Waals surface area (Å²) in [6, 6.07) is 3.99. The molecule has 2 N–H and O–H groups in total. The van der Waals surface area contributed by atoms with E-state index in [9.17, 15) is 14.0 Å². The molecule has 0 spiro atoms. The number of carbonyl (C=O) groups is 2. The molecule has 1 aromatic carbocycles. The molecule has 2 heterocycles. The van der Waals surface area contributed by atoms with Crippen molar-refractivity contribution < 1.29 is 18.7 Å². The first-order valence-electron chi connectivity index (χ1n) is 8.98. The summed E-state index contributed by atoms with van der Waals surface area (Å²) in [5, 5.41) is 8.40. The topological polar surface area (TPSA) is 83.6 Å². The van der Waals surface area contributed by atoms with Gasteiger partial charge in [-0.2, -0.15) is 0 Å². The van der Waals surface area contributed by atoms with Gasteiger partial charge in [-0.15, -0.1) is 11.3 Å². The summed E-state index contributed by atoms with van der Waals surface area (Å²) in [4.78, 5) is 30.8. The molecular formula is C19H23FN4O3S. The van der Waals surface area contributed by atoms with E-state index in [0.717, 1.165) is 10.7 Å². The third kappa shape index (κ3) is 5.05. The highest BCUT2D eigenvalue weighted by atomic mass is 32.1. The SMILES string of the molecule is COc1ccc(CN2CCNC(=O)[C@@H]2CC(=O)NCc2csc(C)n2)c(F)c1. The second-order valence-corrected chi connectivity index (χ2v) is 7.64. The van der Waals surface area contributed by atoms with Gasteiger partial charge in [0.05, 0.1) is 36.8 Å². The summed E-state index contributed by atoms with van der Waals surface area (Å²) >= 11 is 1.52. The fourth-order valence-corrected chi connectivity index (χ4v) is 3.71. The van der Waals surface area contributed by atoms with Crippen molar-refractivity contribution >= 4 is 23.2 Å². The maximum absolute atomic E-state index is 14.3. The number of thiazole rings is 1. The number of rotatable bonds is 7. The molecular weight excluding hydrogens is 383 g/mol. The third-order valence-corrected chi connectivity index (χ3v) is 5.41. The predicted octanol–water partition coefficient (Wildman–Crippen LogP) is 1.61. The number of carbonyl (C=O) groups excluding carboxylic acids is 2. The van der Waals surface area contributed by atoms with Gasteiger partial charge in [-0.3, -0.25) is 14.5 Å². The summed E-state index contributed by atoms with van der Waals surface area (Å²) < 4.78 is 19.3. The van der Waals surface area contributed by atoms with E-state index in [-0.39, 0.29) is 24.8 Å². The van der Waals surface area contributed by atoms with E-state index in [1.807, 2.05) is 17.2 Å². The summed E-state index contributed by atoms with van der Waals surface area (Å²) in [5.41, 5.74) is 1.25. The highest BCUT2D eigenvalue weighted by molar-refractivity contribution is 7.09. The number of benzene rings is 1. The first-order chi connectivity index (χ1) is 13.5. The zero-order chi connectivity index (χ0) is 20.1. The number of aryl methyl sites for hydroxylation is 1. The van der Waals surface area contributed by atoms with E-state index in [0.29, 0.717) is 30.9 Å². The third-order valence-electron chi connectivity index (χ3n) is 4.59. The fraction of sp³-hybridized carbons (Fsp3) is 0.421. The molecule has 1 aliphatic heterocycles. The van der Waals surface area contributed by atoms with Crippen molar-refractivity contribution in [3.05, 3.63) is 45.7 Å². The van der Waals surface area contributed by atoms with Gasteiger partial charge in [0, 0.05) is 36.6 Å². The summed E-state index contributed by atoms with van der Waals surface area (Å²) in [5.74, 6) is -0.425. The van der Waals surface area contributed by atoms with Crippen LogP contribution in [0.1, 0.15) is 22.7 Å². The number of nitrogens with one attached hydrogen (secondary N) is 2. The number of hydrogen-bond acceptors (Lipinski definition) is 6. The molecule has 0 saturated carbocycles. The number of nitrogens with zero attached hydrogens (tertiary/aromatic N) is 2. The van der Waals surface area contributed by atoms with Crippen LogP contribution in [-0.4, -0.2) is 47.9 Å². The lowest BCUT2D eigenvalue weighted by molar-refractivity contribution is -0.134. The lowest BCUT2D eigenvalue weighted by Gasteiger charge is -2.34. The smallest absolute Gasteiger partial charge is 0.237 e. The molecule has 2 amide bonds. The van der Waals surface area contributed by atoms with Gasteiger partial charge in [0.2, 0.25) is 11.8 Å². The molecule has 0 aliphatic carbocycles. The number of hydrogen-bond donors (Lipinski definition) is 2. The van der Waals surface area contributed by atoms with Gasteiger partial charge in [-0.05, 0) is 13.0 Å². The van der Waals surface area contributed by atoms with Crippen LogP contribution in [0, 0.1) is 12.7 Å². The molecule has 0 unspecified atom stereocenters. The van der Waals surface area contributed by atoms with Gasteiger partial charge in [-0.25, -0.2) is 9.37 Å². The number of halogens is 1. The molecule has 1 aromatic heterocycles. The molecule has 3 rings (SSSR count). The zero-order valence-corrected chi connectivity index (χ0v) is 16.6. The lowest BCUT2D eigenvalue weighted by atomic mass is 10.1. The van der Waals surface area contributed by atoms with Crippen molar-refractivity contribution in [3.8, 4) is 5.75 Å². The number of piperazine rings is 1. The van der Waals surface area contributed by atoms with Crippen LogP contribution in [0.15, 0.2) is 23.6 Å². The van der Waals surface area contributed by atoms with E-state index < -0.39 is 11.9 Å². The molecule has 0 bridgehead atoms. The average Bonchev–Trinajstić information content (AvgIpc) is 3.09. The molecule has 9 heteroatoms. The van der Waals surface area contributed by atoms with Crippen LogP contribution in [0.5, 0.6) is 5.75 Å². The second kappa shape index (κ2) is 9.11. The van der Waals surface area contributed by atoms with Crippen LogP contribution in [-0.2, 0) is 22.7 Å². The number of ether oxygens (including phenoxy) is 1. The van der Waals surface area contributed by atoms with Crippen molar-refractivity contribution in [2.75, 3.05) is 20.2 Å². The Labute approximate surface area is 166 Å². The summed E-state index contributed by atoms with van der Waals surface area (Å²) in [6.45, 7) is 3.48. The Morgan fingerprint density at radius 1 is 1.50 bits per heavy atom. The fourth-order valence-electron chi connectivity index (χ4n) is 3.10. The molecule has 0 radical (unpaired) electrons. The van der Waals surface area contributed by atoms with Crippen molar-refractivity contribution in [1.29, 1.82) is 0 Å². The Hall–Kier alpha value is -2.52. The van der Waals surface area contributed by atoms with Crippen LogP contribution < -0.4 is 15.4 Å². The Morgan fingerprint density at radius 2 is 2.32 bits per heavy atom. The minimum Gasteiger partial charge on any atom is -0.497 e. The van der Waals surface area contributed by atoms with Gasteiger partial charge < -0.3 is 15.4 Å². The maximum Gasteiger partial charge on any atom is 0.237 e. The van der Waals surface area contributed by atoms with Crippen molar-refractivity contribution in [2.24, 2.45) is 0 Å². The Balaban J connectivity index is 1.63. The molecule has 1 saturated heterocycles. The monoisotopic (exact) mass is 406 g/mol. The molecule has 1 aliphatic rings. The van der Waals surface area contributed by atoms with E-state index in [4.69, 9.17) is 4.74 Å². The first-order valence-corrected chi connectivity index (χ1v) is 9.86. The molecule has 7 nitrogen and oxygen atoms in total. The van der Waals surface area contributed by atoms with Crippen LogP contribution in [0.2, 0.25) is 0 Å². The van der Waals surface area contributed by atoms with Gasteiger partial charge in [0.15, 0.2) is 0 Å². The Kier molecular flexibility index (Phi) is 6.58. The molecule has 1 fully saturated rings. The highest BCUT2D eigenvalue weighted by Crippen LogP contribution is 2.20. The molecule has 1 atom stereocenters. The van der Waals surface area contributed by atoms with E-state index in [2.05, 4.69) is 15.6 Å². The number of amides is 2. The van der Waals surface area contributed by atoms with Crippen molar-refractivity contribution in [3.63, 3.8) is 0 Å². The van der Waals surface area contributed by atoms with Crippen LogP contribution in [0.4, 0.5) is 4.39 Å². The van der Waals surface area contributed by atoms with E-state index in [1.165, 1.54) is 24.5 Å². The minimum atomic E-state index is -0.646. The average molecular weight is 406 g/mol. The second-order valence-electron chi connectivity index (χ2n) is 6.57. The van der Waals surface area contributed by atoms with Crippen LogP contribution in [0.3, 0.4) is 0 Å². The Bertz CT molecular complexity index is 857. The van der Waals surface area contributed by atoms with Gasteiger partial charge in [-0.1, -0.05) is 6.07 Å². The molecule has 2 aromatic rings. The van der Waals surface area contributed by atoms with Gasteiger partial charge in [0.1, 0.15) is 11.6 Å². The molecule has 150 valence electrons. The van der Waals surface area contributed by atoms with E-state index in [1.54, 1.807) is 12.1 Å². The first kappa shape index (κ1) is 20.2. The number of methoxy groups -OCH3 is 1. The highest BCUT2D eigenvalue weighted by Gasteiger charge is 2.32. The Morgan fingerprint density at radius 3 is 3.00 bits per heavy atom. The van der Waals surface area contributed by atoms with Crippen molar-refractivity contribution in [2.45, 2.75) is 32.5 Å². The zero-order valence-electron chi connectivity index (χ0n) is 15.8. The van der Waals surface area contributed by atoms with Crippen molar-refractivity contribution in [1.82, 2.24) is 20.5 Å². The lowest BCUT2D eigenvalue weighted by Crippen LogP contribution is -2.56. The quantitative estimate of drug-likeness (QED) is 0.730. The number of aromatic nitrogens is 1. The summed E-state index contributed by atoms with van der Waals surface area (Å²) in [7, 11) is 1.48. The van der Waals surface area contributed by atoms with Crippen LogP contribution >= 0.6 is 11.3 Å².